The summed E-state index contributed by atoms with van der Waals surface area (Å²) in [4.78, 5) is 2.44. The van der Waals surface area contributed by atoms with Gasteiger partial charge < -0.3 is 9.84 Å². The predicted molar refractivity (Wildman–Crippen MR) is 58.5 cm³/mol. The van der Waals surface area contributed by atoms with E-state index in [2.05, 4.69) is 22.3 Å². The van der Waals surface area contributed by atoms with Crippen LogP contribution < -0.4 is 5.32 Å². The first kappa shape index (κ1) is 10.6. The van der Waals surface area contributed by atoms with Gasteiger partial charge in [0, 0.05) is 18.7 Å². The Bertz CT molecular complexity index is 273. The summed E-state index contributed by atoms with van der Waals surface area (Å²) in [5.41, 5.74) is 0. The molecule has 0 saturated carbocycles. The SMILES string of the molecule is CCC1CN(Cc2ccno2)CCCN1. The maximum Gasteiger partial charge on any atom is 0.150 e. The molecule has 0 aromatic carbocycles. The Balaban J connectivity index is 1.90. The van der Waals surface area contributed by atoms with Crippen LogP contribution in [0.5, 0.6) is 0 Å². The van der Waals surface area contributed by atoms with Crippen molar-refractivity contribution in [1.82, 2.24) is 15.4 Å². The van der Waals surface area contributed by atoms with Crippen molar-refractivity contribution in [2.24, 2.45) is 0 Å². The van der Waals surface area contributed by atoms with Crippen LogP contribution in [0.1, 0.15) is 25.5 Å². The molecule has 1 aliphatic rings. The maximum absolute atomic E-state index is 5.13. The molecular formula is C11H19N3O. The minimum atomic E-state index is 0.621. The second kappa shape index (κ2) is 5.28. The van der Waals surface area contributed by atoms with Crippen LogP contribution >= 0.6 is 0 Å². The van der Waals surface area contributed by atoms with Crippen LogP contribution in [-0.2, 0) is 6.54 Å². The Morgan fingerprint density at radius 3 is 3.33 bits per heavy atom. The highest BCUT2D eigenvalue weighted by Gasteiger charge is 2.16. The van der Waals surface area contributed by atoms with Crippen molar-refractivity contribution in [3.05, 3.63) is 18.0 Å². The number of hydrogen-bond donors (Lipinski definition) is 1. The zero-order chi connectivity index (χ0) is 10.5. The first-order valence-corrected chi connectivity index (χ1v) is 5.73. The van der Waals surface area contributed by atoms with Crippen LogP contribution in [0.25, 0.3) is 0 Å². The fourth-order valence-electron chi connectivity index (χ4n) is 2.04. The summed E-state index contributed by atoms with van der Waals surface area (Å²) >= 11 is 0. The van der Waals surface area contributed by atoms with Gasteiger partial charge in [-0.05, 0) is 25.9 Å². The molecule has 1 aromatic heterocycles. The van der Waals surface area contributed by atoms with Gasteiger partial charge in [0.2, 0.25) is 0 Å². The Labute approximate surface area is 90.6 Å². The summed E-state index contributed by atoms with van der Waals surface area (Å²) in [6, 6.07) is 2.56. The molecule has 0 amide bonds. The van der Waals surface area contributed by atoms with Gasteiger partial charge in [-0.15, -0.1) is 0 Å². The zero-order valence-corrected chi connectivity index (χ0v) is 9.28. The molecule has 1 atom stereocenters. The van der Waals surface area contributed by atoms with Gasteiger partial charge in [-0.25, -0.2) is 0 Å². The Kier molecular flexibility index (Phi) is 3.75. The average molecular weight is 209 g/mol. The first-order chi connectivity index (χ1) is 7.38. The number of rotatable bonds is 3. The standard InChI is InChI=1S/C11H19N3O/c1-2-10-8-14(7-3-5-12-10)9-11-4-6-13-15-11/h4,6,10,12H,2-3,5,7-9H2,1H3. The van der Waals surface area contributed by atoms with Crippen molar-refractivity contribution < 1.29 is 4.52 Å². The molecule has 2 rings (SSSR count). The molecule has 1 saturated heterocycles. The molecule has 0 radical (unpaired) electrons. The molecule has 0 spiro atoms. The molecule has 1 aliphatic heterocycles. The van der Waals surface area contributed by atoms with Crippen LogP contribution in [0.3, 0.4) is 0 Å². The number of aromatic nitrogens is 1. The van der Waals surface area contributed by atoms with Crippen molar-refractivity contribution in [1.29, 1.82) is 0 Å². The lowest BCUT2D eigenvalue weighted by molar-refractivity contribution is 0.226. The van der Waals surface area contributed by atoms with Gasteiger partial charge in [0.05, 0.1) is 12.7 Å². The van der Waals surface area contributed by atoms with E-state index in [0.29, 0.717) is 6.04 Å². The summed E-state index contributed by atoms with van der Waals surface area (Å²) in [5.74, 6) is 0.965. The van der Waals surface area contributed by atoms with E-state index < -0.39 is 0 Å². The number of hydrogen-bond acceptors (Lipinski definition) is 4. The number of nitrogens with zero attached hydrogens (tertiary/aromatic N) is 2. The van der Waals surface area contributed by atoms with Gasteiger partial charge >= 0.3 is 0 Å². The summed E-state index contributed by atoms with van der Waals surface area (Å²) in [6.07, 6.45) is 4.11. The van der Waals surface area contributed by atoms with E-state index in [0.717, 1.165) is 31.9 Å². The summed E-state index contributed by atoms with van der Waals surface area (Å²) in [5, 5.41) is 7.29. The second-order valence-electron chi connectivity index (χ2n) is 4.13. The fourth-order valence-corrected chi connectivity index (χ4v) is 2.04. The summed E-state index contributed by atoms with van der Waals surface area (Å²) < 4.78 is 5.13. The largest absolute Gasteiger partial charge is 0.360 e. The van der Waals surface area contributed by atoms with Gasteiger partial charge in [-0.2, -0.15) is 0 Å². The lowest BCUT2D eigenvalue weighted by Gasteiger charge is -2.22. The van der Waals surface area contributed by atoms with Gasteiger partial charge in [-0.3, -0.25) is 4.90 Å². The summed E-state index contributed by atoms with van der Waals surface area (Å²) in [6.45, 7) is 6.50. The third kappa shape index (κ3) is 3.04. The smallest absolute Gasteiger partial charge is 0.150 e. The van der Waals surface area contributed by atoms with E-state index >= 15 is 0 Å². The highest BCUT2D eigenvalue weighted by molar-refractivity contribution is 4.93. The van der Waals surface area contributed by atoms with Crippen LogP contribution in [-0.4, -0.2) is 35.7 Å². The molecule has 0 aliphatic carbocycles. The molecule has 0 bridgehead atoms. The van der Waals surface area contributed by atoms with E-state index in [1.807, 2.05) is 6.07 Å². The molecule has 4 nitrogen and oxygen atoms in total. The minimum absolute atomic E-state index is 0.621. The van der Waals surface area contributed by atoms with Crippen molar-refractivity contribution in [3.8, 4) is 0 Å². The molecular weight excluding hydrogens is 190 g/mol. The molecule has 2 heterocycles. The van der Waals surface area contributed by atoms with E-state index in [1.165, 1.54) is 12.8 Å². The average Bonchev–Trinajstić information content (AvgIpc) is 2.64. The lowest BCUT2D eigenvalue weighted by Crippen LogP contribution is -2.36. The molecule has 1 N–H and O–H groups in total. The van der Waals surface area contributed by atoms with Crippen molar-refractivity contribution >= 4 is 0 Å². The minimum Gasteiger partial charge on any atom is -0.360 e. The van der Waals surface area contributed by atoms with Crippen LogP contribution in [0.4, 0.5) is 0 Å². The summed E-state index contributed by atoms with van der Waals surface area (Å²) in [7, 11) is 0. The topological polar surface area (TPSA) is 41.3 Å². The monoisotopic (exact) mass is 209 g/mol. The van der Waals surface area contributed by atoms with E-state index in [9.17, 15) is 0 Å². The quantitative estimate of drug-likeness (QED) is 0.813. The molecule has 15 heavy (non-hydrogen) atoms. The third-order valence-electron chi connectivity index (χ3n) is 2.93. The molecule has 1 unspecified atom stereocenters. The molecule has 1 fully saturated rings. The Morgan fingerprint density at radius 1 is 1.67 bits per heavy atom. The highest BCUT2D eigenvalue weighted by atomic mass is 16.5. The molecule has 4 heteroatoms. The van der Waals surface area contributed by atoms with Crippen LogP contribution in [0.2, 0.25) is 0 Å². The van der Waals surface area contributed by atoms with E-state index in [1.54, 1.807) is 6.20 Å². The van der Waals surface area contributed by atoms with Crippen LogP contribution in [0, 0.1) is 0 Å². The van der Waals surface area contributed by atoms with Gasteiger partial charge in [0.1, 0.15) is 0 Å². The first-order valence-electron chi connectivity index (χ1n) is 5.73. The van der Waals surface area contributed by atoms with Crippen LogP contribution in [0.15, 0.2) is 16.8 Å². The number of nitrogens with one attached hydrogen (secondary N) is 1. The van der Waals surface area contributed by atoms with Crippen molar-refractivity contribution in [2.75, 3.05) is 19.6 Å². The lowest BCUT2D eigenvalue weighted by atomic mass is 10.2. The van der Waals surface area contributed by atoms with E-state index in [-0.39, 0.29) is 0 Å². The van der Waals surface area contributed by atoms with Crippen molar-refractivity contribution in [3.63, 3.8) is 0 Å². The predicted octanol–water partition coefficient (Wildman–Crippen LogP) is 1.25. The third-order valence-corrected chi connectivity index (χ3v) is 2.93. The molecule has 1 aromatic rings. The maximum atomic E-state index is 5.13. The Hall–Kier alpha value is -0.870. The molecule has 84 valence electrons. The van der Waals surface area contributed by atoms with Gasteiger partial charge in [-0.1, -0.05) is 12.1 Å². The fraction of sp³-hybridized carbons (Fsp3) is 0.727. The zero-order valence-electron chi connectivity index (χ0n) is 9.28. The van der Waals surface area contributed by atoms with Crippen molar-refractivity contribution in [2.45, 2.75) is 32.4 Å². The van der Waals surface area contributed by atoms with Gasteiger partial charge in [0.15, 0.2) is 5.76 Å². The normalized spacial score (nSPS) is 23.9. The highest BCUT2D eigenvalue weighted by Crippen LogP contribution is 2.08. The van der Waals surface area contributed by atoms with E-state index in [4.69, 9.17) is 4.52 Å². The van der Waals surface area contributed by atoms with Gasteiger partial charge in [0.25, 0.3) is 0 Å². The second-order valence-corrected chi connectivity index (χ2v) is 4.13. The Morgan fingerprint density at radius 2 is 2.60 bits per heavy atom.